The zero-order valence-corrected chi connectivity index (χ0v) is 15.3. The van der Waals surface area contributed by atoms with Crippen LogP contribution in [0.2, 0.25) is 5.02 Å². The maximum absolute atomic E-state index is 12.4. The first-order valence-electron chi connectivity index (χ1n) is 6.71. The first-order valence-corrected chi connectivity index (χ1v) is 8.31. The zero-order chi connectivity index (χ0) is 15.3. The van der Waals surface area contributed by atoms with Crippen LogP contribution in [-0.2, 0) is 0 Å². The van der Waals surface area contributed by atoms with Gasteiger partial charge in [0.2, 0.25) is 0 Å². The summed E-state index contributed by atoms with van der Waals surface area (Å²) < 4.78 is 0. The van der Waals surface area contributed by atoms with Crippen molar-refractivity contribution in [1.82, 2.24) is 4.90 Å². The van der Waals surface area contributed by atoms with Gasteiger partial charge in [-0.3, -0.25) is 4.79 Å². The molecule has 6 heteroatoms. The minimum absolute atomic E-state index is 0. The third-order valence-electron chi connectivity index (χ3n) is 3.40. The van der Waals surface area contributed by atoms with Crippen LogP contribution >= 0.6 is 35.8 Å². The van der Waals surface area contributed by atoms with Crippen molar-refractivity contribution in [3.05, 3.63) is 28.8 Å². The third-order valence-corrected chi connectivity index (χ3v) is 4.46. The molecule has 120 valence electrons. The fraction of sp³-hybridized carbons (Fsp3) is 0.533. The van der Waals surface area contributed by atoms with Crippen molar-refractivity contribution in [2.45, 2.75) is 31.2 Å². The van der Waals surface area contributed by atoms with Crippen molar-refractivity contribution in [1.29, 1.82) is 0 Å². The summed E-state index contributed by atoms with van der Waals surface area (Å²) in [6.07, 6.45) is 2.77. The van der Waals surface area contributed by atoms with E-state index in [-0.39, 0.29) is 24.4 Å². The molecular formula is C15H24Cl2N2OS. The summed E-state index contributed by atoms with van der Waals surface area (Å²) in [5, 5.41) is 0.493. The smallest absolute Gasteiger partial charge is 0.255 e. The van der Waals surface area contributed by atoms with Crippen LogP contribution in [0.4, 0.5) is 0 Å². The zero-order valence-electron chi connectivity index (χ0n) is 12.9. The number of nitrogens with two attached hydrogens (primary N) is 1. The topological polar surface area (TPSA) is 46.3 Å². The number of carbonyl (C=O) groups excluding carboxylic acids is 1. The lowest BCUT2D eigenvalue weighted by atomic mass is 10.0. The van der Waals surface area contributed by atoms with E-state index in [0.717, 1.165) is 11.3 Å². The number of thioether (sulfide) groups is 1. The van der Waals surface area contributed by atoms with Crippen molar-refractivity contribution >= 4 is 41.7 Å². The van der Waals surface area contributed by atoms with Gasteiger partial charge in [-0.1, -0.05) is 25.4 Å². The van der Waals surface area contributed by atoms with E-state index in [4.69, 9.17) is 17.3 Å². The quantitative estimate of drug-likeness (QED) is 0.790. The molecule has 0 radical (unpaired) electrons. The number of hydrogen-bond acceptors (Lipinski definition) is 3. The van der Waals surface area contributed by atoms with Crippen LogP contribution in [0, 0.1) is 5.92 Å². The average molecular weight is 351 g/mol. The number of carbonyl (C=O) groups is 1. The number of nitrogens with zero attached hydrogens (tertiary/aromatic N) is 1. The molecule has 0 aliphatic rings. The van der Waals surface area contributed by atoms with Crippen molar-refractivity contribution in [2.75, 3.05) is 19.8 Å². The van der Waals surface area contributed by atoms with Crippen molar-refractivity contribution in [3.63, 3.8) is 0 Å². The second kappa shape index (κ2) is 9.57. The highest BCUT2D eigenvalue weighted by Gasteiger charge is 2.17. The highest BCUT2D eigenvalue weighted by molar-refractivity contribution is 7.98. The first kappa shape index (κ1) is 20.6. The van der Waals surface area contributed by atoms with Gasteiger partial charge in [0.25, 0.3) is 5.91 Å². The van der Waals surface area contributed by atoms with Gasteiger partial charge in [0.15, 0.2) is 0 Å². The lowest BCUT2D eigenvalue weighted by Gasteiger charge is -2.22. The molecular weight excluding hydrogens is 327 g/mol. The van der Waals surface area contributed by atoms with Crippen molar-refractivity contribution < 1.29 is 4.79 Å². The second-order valence-electron chi connectivity index (χ2n) is 5.27. The van der Waals surface area contributed by atoms with E-state index in [0.29, 0.717) is 23.0 Å². The molecule has 1 amide bonds. The van der Waals surface area contributed by atoms with Gasteiger partial charge in [-0.15, -0.1) is 24.2 Å². The molecule has 0 bridgehead atoms. The summed E-state index contributed by atoms with van der Waals surface area (Å²) in [7, 11) is 1.79. The third kappa shape index (κ3) is 6.07. The summed E-state index contributed by atoms with van der Waals surface area (Å²) in [6.45, 7) is 4.81. The minimum Gasteiger partial charge on any atom is -0.342 e. The van der Waals surface area contributed by atoms with E-state index in [1.165, 1.54) is 0 Å². The molecule has 0 aliphatic heterocycles. The molecule has 1 unspecified atom stereocenters. The number of rotatable bonds is 6. The van der Waals surface area contributed by atoms with Gasteiger partial charge in [-0.05, 0) is 36.8 Å². The molecule has 1 atom stereocenters. The number of hydrogen-bond donors (Lipinski definition) is 1. The van der Waals surface area contributed by atoms with Crippen LogP contribution < -0.4 is 5.73 Å². The van der Waals surface area contributed by atoms with Crippen LogP contribution in [0.5, 0.6) is 0 Å². The van der Waals surface area contributed by atoms with Gasteiger partial charge >= 0.3 is 0 Å². The number of benzene rings is 1. The highest BCUT2D eigenvalue weighted by atomic mass is 35.5. The van der Waals surface area contributed by atoms with Crippen LogP contribution in [0.3, 0.4) is 0 Å². The SMILES string of the molecule is CSc1ccc(Cl)c(C(=O)N(C)CCC(N)C(C)C)c1.Cl. The molecule has 0 aliphatic carbocycles. The van der Waals surface area contributed by atoms with Gasteiger partial charge in [0.05, 0.1) is 10.6 Å². The molecule has 0 aromatic heterocycles. The second-order valence-corrected chi connectivity index (χ2v) is 6.56. The Bertz CT molecular complexity index is 469. The van der Waals surface area contributed by atoms with Crippen LogP contribution in [0.1, 0.15) is 30.6 Å². The van der Waals surface area contributed by atoms with E-state index >= 15 is 0 Å². The lowest BCUT2D eigenvalue weighted by molar-refractivity contribution is 0.0789. The largest absolute Gasteiger partial charge is 0.342 e. The fourth-order valence-corrected chi connectivity index (χ4v) is 2.42. The Hall–Kier alpha value is -0.420. The molecule has 0 saturated heterocycles. The molecule has 1 aromatic carbocycles. The predicted molar refractivity (Wildman–Crippen MR) is 94.9 cm³/mol. The molecule has 0 spiro atoms. The molecule has 1 aromatic rings. The molecule has 0 saturated carbocycles. The maximum atomic E-state index is 12.4. The monoisotopic (exact) mass is 350 g/mol. The molecule has 3 nitrogen and oxygen atoms in total. The van der Waals surface area contributed by atoms with Crippen LogP contribution in [-0.4, -0.2) is 36.7 Å². The van der Waals surface area contributed by atoms with Gasteiger partial charge in [0.1, 0.15) is 0 Å². The van der Waals surface area contributed by atoms with E-state index in [2.05, 4.69) is 13.8 Å². The highest BCUT2D eigenvalue weighted by Crippen LogP contribution is 2.24. The molecule has 0 fully saturated rings. The van der Waals surface area contributed by atoms with E-state index in [1.807, 2.05) is 18.4 Å². The number of halogens is 2. The maximum Gasteiger partial charge on any atom is 0.255 e. The van der Waals surface area contributed by atoms with Gasteiger partial charge in [0, 0.05) is 24.5 Å². The summed E-state index contributed by atoms with van der Waals surface area (Å²) in [6, 6.07) is 5.64. The van der Waals surface area contributed by atoms with Gasteiger partial charge in [-0.25, -0.2) is 0 Å². The summed E-state index contributed by atoms with van der Waals surface area (Å²) in [4.78, 5) is 15.1. The van der Waals surface area contributed by atoms with E-state index in [9.17, 15) is 4.79 Å². The normalized spacial score (nSPS) is 12.0. The van der Waals surface area contributed by atoms with E-state index < -0.39 is 0 Å². The summed E-state index contributed by atoms with van der Waals surface area (Å²) in [5.74, 6) is 0.365. The Kier molecular flexibility index (Phi) is 9.38. The molecule has 0 heterocycles. The summed E-state index contributed by atoms with van der Waals surface area (Å²) >= 11 is 7.72. The molecule has 2 N–H and O–H groups in total. The minimum atomic E-state index is -0.0538. The fourth-order valence-electron chi connectivity index (χ4n) is 1.78. The van der Waals surface area contributed by atoms with Crippen molar-refractivity contribution in [3.8, 4) is 0 Å². The Morgan fingerprint density at radius 3 is 2.57 bits per heavy atom. The van der Waals surface area contributed by atoms with Gasteiger partial charge < -0.3 is 10.6 Å². The lowest BCUT2D eigenvalue weighted by Crippen LogP contribution is -2.34. The molecule has 1 rings (SSSR count). The van der Waals surface area contributed by atoms with Crippen molar-refractivity contribution in [2.24, 2.45) is 11.7 Å². The Morgan fingerprint density at radius 2 is 2.05 bits per heavy atom. The molecule has 21 heavy (non-hydrogen) atoms. The van der Waals surface area contributed by atoms with Crippen LogP contribution in [0.15, 0.2) is 23.1 Å². The first-order chi connectivity index (χ1) is 9.36. The average Bonchev–Trinajstić information content (AvgIpc) is 2.43. The number of amides is 1. The standard InChI is InChI=1S/C15H23ClN2OS.ClH/c1-10(2)14(17)7-8-18(3)15(19)12-9-11(20-4)5-6-13(12)16;/h5-6,9-10,14H,7-8,17H2,1-4H3;1H. The summed E-state index contributed by atoms with van der Waals surface area (Å²) in [5.41, 5.74) is 6.57. The van der Waals surface area contributed by atoms with E-state index in [1.54, 1.807) is 29.8 Å². The Labute approximate surface area is 143 Å². The predicted octanol–water partition coefficient (Wildman–Crippen LogP) is 3.93. The van der Waals surface area contributed by atoms with Gasteiger partial charge in [-0.2, -0.15) is 0 Å². The van der Waals surface area contributed by atoms with Crippen LogP contribution in [0.25, 0.3) is 0 Å². The Morgan fingerprint density at radius 1 is 1.43 bits per heavy atom. The Balaban J connectivity index is 0.00000400.